The topological polar surface area (TPSA) is 121 Å². The molecule has 3 saturated heterocycles. The predicted octanol–water partition coefficient (Wildman–Crippen LogP) is 2.19. The van der Waals surface area contributed by atoms with Gasteiger partial charge >= 0.3 is 0 Å². The minimum atomic E-state index is -0.702. The Morgan fingerprint density at radius 2 is 1.75 bits per heavy atom. The molecule has 242 valence electrons. The molecule has 0 saturated carbocycles. The third kappa shape index (κ3) is 7.90. The van der Waals surface area contributed by atoms with E-state index in [1.807, 2.05) is 37.8 Å². The van der Waals surface area contributed by atoms with Gasteiger partial charge in [-0.3, -0.25) is 24.1 Å². The van der Waals surface area contributed by atoms with E-state index in [1.54, 1.807) is 24.0 Å². The second-order valence-corrected chi connectivity index (χ2v) is 13.9. The first-order valence-electron chi connectivity index (χ1n) is 16.2. The van der Waals surface area contributed by atoms with E-state index in [0.29, 0.717) is 63.5 Å². The number of carbonyl (C=O) groups is 4. The van der Waals surface area contributed by atoms with Crippen molar-refractivity contribution in [3.05, 3.63) is 29.8 Å². The van der Waals surface area contributed by atoms with Crippen molar-refractivity contribution in [2.45, 2.75) is 96.6 Å². The first-order chi connectivity index (χ1) is 21.0. The van der Waals surface area contributed by atoms with E-state index in [4.69, 9.17) is 9.47 Å². The highest BCUT2D eigenvalue weighted by Gasteiger charge is 2.41. The molecular formula is C33H49N5O6. The van der Waals surface area contributed by atoms with Crippen molar-refractivity contribution in [1.82, 2.24) is 25.3 Å². The lowest BCUT2D eigenvalue weighted by atomic mass is 9.91. The zero-order valence-electron chi connectivity index (χ0n) is 26.7. The number of ether oxygens (including phenoxy) is 2. The highest BCUT2D eigenvalue weighted by molar-refractivity contribution is 6.00. The lowest BCUT2D eigenvalue weighted by Crippen LogP contribution is -2.64. The SMILES string of the molecule is CC(=O)N1CCC(N2CCN3C(=O)c4ccccc4OCC[C@@H]4CC[C@@H](NC(=O)CC(C)(C)C)[C@@H](CNC(=O)[C@@H]3C2)O4)CC1. The molecule has 2 N–H and O–H groups in total. The number of carbonyl (C=O) groups excluding carboxylic acids is 4. The molecule has 5 rings (SSSR count). The molecular weight excluding hydrogens is 562 g/mol. The summed E-state index contributed by atoms with van der Waals surface area (Å²) in [7, 11) is 0. The average Bonchev–Trinajstić information content (AvgIpc) is 2.99. The molecule has 0 radical (unpaired) electrons. The van der Waals surface area contributed by atoms with Crippen LogP contribution in [0.3, 0.4) is 0 Å². The Kier molecular flexibility index (Phi) is 10.1. The Bertz CT molecular complexity index is 1210. The second-order valence-electron chi connectivity index (χ2n) is 13.9. The molecule has 4 atom stereocenters. The summed E-state index contributed by atoms with van der Waals surface area (Å²) in [6.45, 7) is 11.2. The first-order valence-corrected chi connectivity index (χ1v) is 16.2. The summed E-state index contributed by atoms with van der Waals surface area (Å²) in [4.78, 5) is 58.5. The highest BCUT2D eigenvalue weighted by Crippen LogP contribution is 2.28. The van der Waals surface area contributed by atoms with Crippen molar-refractivity contribution in [2.24, 2.45) is 5.41 Å². The van der Waals surface area contributed by atoms with E-state index in [9.17, 15) is 19.2 Å². The van der Waals surface area contributed by atoms with Crippen LogP contribution in [-0.4, -0.2) is 115 Å². The number of hydrogen-bond donors (Lipinski definition) is 2. The zero-order chi connectivity index (χ0) is 31.4. The van der Waals surface area contributed by atoms with Crippen LogP contribution in [0.15, 0.2) is 24.3 Å². The number of rotatable bonds is 3. The van der Waals surface area contributed by atoms with E-state index < -0.39 is 12.1 Å². The summed E-state index contributed by atoms with van der Waals surface area (Å²) in [6.07, 6.45) is 3.76. The quantitative estimate of drug-likeness (QED) is 0.538. The maximum Gasteiger partial charge on any atom is 0.258 e. The van der Waals surface area contributed by atoms with Crippen LogP contribution in [0, 0.1) is 5.41 Å². The van der Waals surface area contributed by atoms with Gasteiger partial charge in [0.2, 0.25) is 17.7 Å². The van der Waals surface area contributed by atoms with Gasteiger partial charge in [0.15, 0.2) is 0 Å². The molecule has 1 aromatic rings. The van der Waals surface area contributed by atoms with Gasteiger partial charge in [-0.05, 0) is 43.2 Å². The molecule has 2 bridgehead atoms. The van der Waals surface area contributed by atoms with Crippen molar-refractivity contribution in [1.29, 1.82) is 0 Å². The number of hydrogen-bond acceptors (Lipinski definition) is 7. The molecule has 4 heterocycles. The molecule has 0 aromatic heterocycles. The van der Waals surface area contributed by atoms with Gasteiger partial charge in [-0.2, -0.15) is 0 Å². The maximum absolute atomic E-state index is 14.0. The van der Waals surface area contributed by atoms with Gasteiger partial charge in [0.1, 0.15) is 11.8 Å². The van der Waals surface area contributed by atoms with E-state index in [0.717, 1.165) is 25.7 Å². The predicted molar refractivity (Wildman–Crippen MR) is 165 cm³/mol. The second kappa shape index (κ2) is 13.9. The Hall–Kier alpha value is -3.18. The van der Waals surface area contributed by atoms with Crippen LogP contribution in [0.2, 0.25) is 0 Å². The van der Waals surface area contributed by atoms with Gasteiger partial charge in [0.05, 0.1) is 30.4 Å². The fourth-order valence-corrected chi connectivity index (χ4v) is 6.96. The van der Waals surface area contributed by atoms with Crippen LogP contribution in [-0.2, 0) is 19.1 Å². The van der Waals surface area contributed by atoms with E-state index in [-0.39, 0.29) is 53.8 Å². The summed E-state index contributed by atoms with van der Waals surface area (Å²) in [6, 6.07) is 6.56. The van der Waals surface area contributed by atoms with Crippen LogP contribution < -0.4 is 15.4 Å². The Labute approximate surface area is 261 Å². The molecule has 0 unspecified atom stereocenters. The summed E-state index contributed by atoms with van der Waals surface area (Å²) < 4.78 is 12.6. The van der Waals surface area contributed by atoms with Gasteiger partial charge < -0.3 is 29.9 Å². The summed E-state index contributed by atoms with van der Waals surface area (Å²) in [5.74, 6) is 0.126. The lowest BCUT2D eigenvalue weighted by Gasteiger charge is -2.46. The third-order valence-electron chi connectivity index (χ3n) is 9.35. The van der Waals surface area contributed by atoms with E-state index in [2.05, 4.69) is 15.5 Å². The standard InChI is InChI=1S/C33H49N5O6/c1-22(39)36-14-11-23(12-15-36)37-16-17-38-27(21-37)31(41)34-20-29-26(35-30(40)19-33(2,3)4)10-9-24(44-29)13-18-43-28-8-6-5-7-25(28)32(38)42/h5-8,23-24,26-27,29H,9-21H2,1-4H3,(H,34,41)(H,35,40)/t24-,26+,27-,29+/m0/s1. The summed E-state index contributed by atoms with van der Waals surface area (Å²) in [5.41, 5.74) is 0.313. The molecule has 0 spiro atoms. The fraction of sp³-hybridized carbons (Fsp3) is 0.697. The number of amides is 4. The highest BCUT2D eigenvalue weighted by atomic mass is 16.5. The molecule has 11 heteroatoms. The van der Waals surface area contributed by atoms with Gasteiger partial charge in [0, 0.05) is 65.1 Å². The summed E-state index contributed by atoms with van der Waals surface area (Å²) >= 11 is 0. The van der Waals surface area contributed by atoms with Gasteiger partial charge in [-0.25, -0.2) is 0 Å². The molecule has 1 aromatic carbocycles. The Morgan fingerprint density at radius 3 is 2.48 bits per heavy atom. The molecule has 4 aliphatic heterocycles. The Balaban J connectivity index is 1.36. The third-order valence-corrected chi connectivity index (χ3v) is 9.35. The molecule has 44 heavy (non-hydrogen) atoms. The zero-order valence-corrected chi connectivity index (χ0v) is 26.7. The van der Waals surface area contributed by atoms with E-state index >= 15 is 0 Å². The van der Waals surface area contributed by atoms with Gasteiger partial charge in [0.25, 0.3) is 5.91 Å². The van der Waals surface area contributed by atoms with Gasteiger partial charge in [-0.15, -0.1) is 0 Å². The van der Waals surface area contributed by atoms with Crippen molar-refractivity contribution in [3.8, 4) is 5.75 Å². The molecule has 0 aliphatic carbocycles. The van der Waals surface area contributed by atoms with Crippen molar-refractivity contribution in [2.75, 3.05) is 45.9 Å². The minimum absolute atomic E-state index is 0.0225. The number of benzene rings is 1. The Morgan fingerprint density at radius 1 is 1.00 bits per heavy atom. The molecule has 11 nitrogen and oxygen atoms in total. The van der Waals surface area contributed by atoms with Crippen LogP contribution in [0.25, 0.3) is 0 Å². The normalized spacial score (nSPS) is 27.7. The lowest BCUT2D eigenvalue weighted by molar-refractivity contribution is -0.132. The molecule has 3 fully saturated rings. The van der Waals surface area contributed by atoms with Crippen molar-refractivity contribution < 1.29 is 28.7 Å². The maximum atomic E-state index is 14.0. The van der Waals surface area contributed by atoms with Crippen molar-refractivity contribution in [3.63, 3.8) is 0 Å². The van der Waals surface area contributed by atoms with Crippen LogP contribution in [0.4, 0.5) is 0 Å². The van der Waals surface area contributed by atoms with Crippen LogP contribution >= 0.6 is 0 Å². The van der Waals surface area contributed by atoms with Gasteiger partial charge in [-0.1, -0.05) is 32.9 Å². The number of likely N-dealkylation sites (tertiary alicyclic amines) is 1. The largest absolute Gasteiger partial charge is 0.493 e. The van der Waals surface area contributed by atoms with Crippen LogP contribution in [0.1, 0.15) is 76.6 Å². The number of piperazine rings is 1. The first kappa shape index (κ1) is 32.2. The molecule has 4 amide bonds. The monoisotopic (exact) mass is 611 g/mol. The van der Waals surface area contributed by atoms with Crippen LogP contribution in [0.5, 0.6) is 5.75 Å². The number of fused-ring (bicyclic) bond motifs is 4. The number of nitrogens with zero attached hydrogens (tertiary/aromatic N) is 3. The molecule has 4 aliphatic rings. The number of para-hydroxylation sites is 1. The number of piperidine rings is 1. The van der Waals surface area contributed by atoms with Crippen molar-refractivity contribution >= 4 is 23.6 Å². The summed E-state index contributed by atoms with van der Waals surface area (Å²) in [5, 5.41) is 6.28. The number of nitrogens with one attached hydrogen (secondary N) is 2. The minimum Gasteiger partial charge on any atom is -0.493 e. The fourth-order valence-electron chi connectivity index (χ4n) is 6.96. The van der Waals surface area contributed by atoms with E-state index in [1.165, 1.54) is 0 Å². The smallest absolute Gasteiger partial charge is 0.258 e. The average molecular weight is 612 g/mol.